The minimum Gasteiger partial charge on any atom is -0.0616 e. The van der Waals surface area contributed by atoms with Crippen LogP contribution in [0.2, 0.25) is 0 Å². The zero-order valence-corrected chi connectivity index (χ0v) is 10.4. The van der Waals surface area contributed by atoms with Crippen LogP contribution in [-0.2, 0) is 6.42 Å². The summed E-state index contributed by atoms with van der Waals surface area (Å²) in [5.41, 5.74) is 2.43. The van der Waals surface area contributed by atoms with Crippen LogP contribution in [0, 0.1) is 12.6 Å². The Morgan fingerprint density at radius 1 is 1.06 bits per heavy atom. The third kappa shape index (κ3) is 1.62. The number of rotatable bonds is 2. The Kier molecular flexibility index (Phi) is 2.64. The summed E-state index contributed by atoms with van der Waals surface area (Å²) in [4.78, 5) is 0. The monoisotopic (exact) mass is 230 g/mol. The lowest BCUT2D eigenvalue weighted by Crippen LogP contribution is -1.86. The van der Waals surface area contributed by atoms with Crippen LogP contribution >= 0.6 is 0 Å². The molecule has 0 aromatic heterocycles. The van der Waals surface area contributed by atoms with E-state index in [-0.39, 0.29) is 0 Å². The van der Waals surface area contributed by atoms with Crippen molar-refractivity contribution in [2.75, 3.05) is 0 Å². The maximum atomic E-state index is 5.81. The number of hydrogen-bond acceptors (Lipinski definition) is 0. The van der Waals surface area contributed by atoms with E-state index < -0.39 is 0 Å². The molecule has 0 spiro atoms. The average molecular weight is 230 g/mol. The van der Waals surface area contributed by atoms with Crippen molar-refractivity contribution in [3.8, 4) is 0 Å². The summed E-state index contributed by atoms with van der Waals surface area (Å²) in [5.74, 6) is 0. The first-order valence-corrected chi connectivity index (χ1v) is 6.25. The largest absolute Gasteiger partial charge is 0.0616 e. The molecule has 86 valence electrons. The van der Waals surface area contributed by atoms with E-state index in [0.29, 0.717) is 0 Å². The van der Waals surface area contributed by atoms with Crippen LogP contribution in [0.4, 0.5) is 0 Å². The highest BCUT2D eigenvalue weighted by Gasteiger charge is 2.05. The van der Waals surface area contributed by atoms with Gasteiger partial charge in [0.15, 0.2) is 0 Å². The first-order chi connectivity index (χ1) is 8.83. The van der Waals surface area contributed by atoms with Crippen LogP contribution in [0.5, 0.6) is 0 Å². The Hall–Kier alpha value is -2.08. The zero-order chi connectivity index (χ0) is 12.5. The second-order valence-electron chi connectivity index (χ2n) is 4.48. The van der Waals surface area contributed by atoms with Crippen molar-refractivity contribution in [2.45, 2.75) is 13.3 Å². The standard InChI is InChI=1S/C18H14/c1-3-13-9-10-18-15(11-13)12-14-7-5-6-8-17(14)16(18)4-2/h2,4-11H,3H2,1H3. The minimum absolute atomic E-state index is 1.04. The number of fused-ring (bicyclic) bond motifs is 2. The van der Waals surface area contributed by atoms with Crippen LogP contribution in [0.15, 0.2) is 42.5 Å². The molecular formula is C18H14. The maximum Gasteiger partial charge on any atom is -0.00138 e. The Bertz CT molecular complexity index is 735. The van der Waals surface area contributed by atoms with Crippen LogP contribution in [-0.4, -0.2) is 0 Å². The molecule has 0 bridgehead atoms. The molecule has 0 heteroatoms. The van der Waals surface area contributed by atoms with Gasteiger partial charge in [0.25, 0.3) is 0 Å². The lowest BCUT2D eigenvalue weighted by molar-refractivity contribution is 1.15. The van der Waals surface area contributed by atoms with Crippen LogP contribution in [0.25, 0.3) is 27.6 Å². The lowest BCUT2D eigenvalue weighted by Gasteiger charge is -2.08. The summed E-state index contributed by atoms with van der Waals surface area (Å²) in [5, 5.41) is 4.60. The first kappa shape index (κ1) is 11.0. The second kappa shape index (κ2) is 4.30. The maximum absolute atomic E-state index is 5.81. The van der Waals surface area contributed by atoms with E-state index in [1.54, 1.807) is 6.08 Å². The summed E-state index contributed by atoms with van der Waals surface area (Å²) in [6.07, 6.45) is 2.74. The van der Waals surface area contributed by atoms with Gasteiger partial charge >= 0.3 is 0 Å². The molecule has 0 heterocycles. The second-order valence-corrected chi connectivity index (χ2v) is 4.48. The van der Waals surface area contributed by atoms with E-state index in [1.165, 1.54) is 10.9 Å². The van der Waals surface area contributed by atoms with Gasteiger partial charge in [0, 0.05) is 0 Å². The molecule has 0 atom stereocenters. The highest BCUT2D eigenvalue weighted by molar-refractivity contribution is 6.05. The third-order valence-corrected chi connectivity index (χ3v) is 3.44. The lowest BCUT2D eigenvalue weighted by atomic mass is 9.95. The molecule has 0 fully saturated rings. The predicted octanol–water partition coefficient (Wildman–Crippen LogP) is 4.80. The minimum atomic E-state index is 1.04. The topological polar surface area (TPSA) is 0 Å². The van der Waals surface area contributed by atoms with Gasteiger partial charge in [-0.2, -0.15) is 0 Å². The molecule has 3 rings (SSSR count). The highest BCUT2D eigenvalue weighted by Crippen LogP contribution is 2.29. The van der Waals surface area contributed by atoms with E-state index in [0.717, 1.165) is 28.1 Å². The predicted molar refractivity (Wildman–Crippen MR) is 78.4 cm³/mol. The molecule has 0 N–H and O–H groups in total. The van der Waals surface area contributed by atoms with E-state index in [4.69, 9.17) is 6.58 Å². The quantitative estimate of drug-likeness (QED) is 0.555. The summed E-state index contributed by atoms with van der Waals surface area (Å²) < 4.78 is 0. The zero-order valence-electron chi connectivity index (χ0n) is 10.4. The van der Waals surface area contributed by atoms with Gasteiger partial charge in [0.05, 0.1) is 0 Å². The molecule has 2 radical (unpaired) electrons. The van der Waals surface area contributed by atoms with E-state index in [1.807, 2.05) is 12.1 Å². The third-order valence-electron chi connectivity index (χ3n) is 3.44. The van der Waals surface area contributed by atoms with Crippen molar-refractivity contribution >= 4 is 27.6 Å². The van der Waals surface area contributed by atoms with Gasteiger partial charge in [-0.15, -0.1) is 0 Å². The normalized spacial score (nSPS) is 10.9. The molecular weight excluding hydrogens is 216 g/mol. The van der Waals surface area contributed by atoms with Crippen molar-refractivity contribution in [1.82, 2.24) is 0 Å². The molecule has 0 saturated carbocycles. The van der Waals surface area contributed by atoms with Crippen LogP contribution in [0.3, 0.4) is 0 Å². The number of hydrogen-bond donors (Lipinski definition) is 0. The molecule has 0 aliphatic carbocycles. The molecule has 3 aromatic carbocycles. The average Bonchev–Trinajstić information content (AvgIpc) is 2.44. The Labute approximate surface area is 108 Å². The molecule has 3 aromatic rings. The molecule has 0 aliphatic heterocycles. The van der Waals surface area contributed by atoms with Crippen molar-refractivity contribution < 1.29 is 0 Å². The summed E-state index contributed by atoms with van der Waals surface area (Å²) in [6.45, 7) is 7.98. The van der Waals surface area contributed by atoms with E-state index in [2.05, 4.69) is 43.3 Å². The SMILES string of the molecule is [CH]=Cc1c2ccccc2[c]c2cc(CC)ccc12. The Balaban J connectivity index is 2.49. The molecule has 0 unspecified atom stereocenters. The van der Waals surface area contributed by atoms with Crippen molar-refractivity contribution in [2.24, 2.45) is 0 Å². The van der Waals surface area contributed by atoms with Gasteiger partial charge in [0.1, 0.15) is 0 Å². The van der Waals surface area contributed by atoms with Crippen molar-refractivity contribution in [3.05, 3.63) is 66.2 Å². The Morgan fingerprint density at radius 2 is 1.83 bits per heavy atom. The fourth-order valence-corrected chi connectivity index (χ4v) is 2.45. The Morgan fingerprint density at radius 3 is 2.61 bits per heavy atom. The van der Waals surface area contributed by atoms with Gasteiger partial charge in [-0.25, -0.2) is 0 Å². The molecule has 0 saturated heterocycles. The first-order valence-electron chi connectivity index (χ1n) is 6.25. The van der Waals surface area contributed by atoms with E-state index in [9.17, 15) is 0 Å². The molecule has 0 aliphatic rings. The van der Waals surface area contributed by atoms with Crippen LogP contribution in [0.1, 0.15) is 18.1 Å². The molecule has 0 nitrogen and oxygen atoms in total. The fourth-order valence-electron chi connectivity index (χ4n) is 2.45. The van der Waals surface area contributed by atoms with Crippen molar-refractivity contribution in [1.29, 1.82) is 0 Å². The van der Waals surface area contributed by atoms with Gasteiger partial charge in [0.2, 0.25) is 0 Å². The summed E-state index contributed by atoms with van der Waals surface area (Å²) in [7, 11) is 0. The summed E-state index contributed by atoms with van der Waals surface area (Å²) in [6, 6.07) is 18.3. The van der Waals surface area contributed by atoms with E-state index >= 15 is 0 Å². The van der Waals surface area contributed by atoms with Gasteiger partial charge < -0.3 is 0 Å². The smallest absolute Gasteiger partial charge is 0.00138 e. The van der Waals surface area contributed by atoms with Gasteiger partial charge in [-0.3, -0.25) is 0 Å². The van der Waals surface area contributed by atoms with Gasteiger partial charge in [-0.05, 0) is 45.2 Å². The summed E-state index contributed by atoms with van der Waals surface area (Å²) >= 11 is 0. The molecule has 18 heavy (non-hydrogen) atoms. The fraction of sp³-hybridized carbons (Fsp3) is 0.111. The highest BCUT2D eigenvalue weighted by atomic mass is 14.1. The number of benzene rings is 3. The number of aryl methyl sites for hydroxylation is 1. The van der Waals surface area contributed by atoms with Gasteiger partial charge in [-0.1, -0.05) is 62.0 Å². The van der Waals surface area contributed by atoms with Crippen molar-refractivity contribution in [3.63, 3.8) is 0 Å². The molecule has 0 amide bonds. The van der Waals surface area contributed by atoms with Crippen LogP contribution < -0.4 is 0 Å².